The zero-order chi connectivity index (χ0) is 12.4. The molecule has 1 N–H and O–H groups in total. The monoisotopic (exact) mass is 294 g/mol. The van der Waals surface area contributed by atoms with E-state index in [4.69, 9.17) is 5.11 Å². The summed E-state index contributed by atoms with van der Waals surface area (Å²) in [5.41, 5.74) is 2.34. The highest BCUT2D eigenvalue weighted by atomic mass is 79.9. The summed E-state index contributed by atoms with van der Waals surface area (Å²) in [5, 5.41) is 13.2. The first-order valence-electron chi connectivity index (χ1n) is 5.11. The maximum Gasteiger partial charge on any atom is 0.307 e. The third kappa shape index (κ3) is 2.39. The molecule has 1 aromatic heterocycles. The van der Waals surface area contributed by atoms with Crippen LogP contribution in [-0.4, -0.2) is 20.9 Å². The van der Waals surface area contributed by atoms with Crippen LogP contribution in [0.5, 0.6) is 0 Å². The first-order chi connectivity index (χ1) is 8.09. The summed E-state index contributed by atoms with van der Waals surface area (Å²) in [7, 11) is 0. The lowest BCUT2D eigenvalue weighted by molar-refractivity contribution is -0.136. The molecule has 0 aliphatic heterocycles. The number of hydrogen-bond donors (Lipinski definition) is 1. The van der Waals surface area contributed by atoms with Gasteiger partial charge in [0.1, 0.15) is 4.60 Å². The molecule has 17 heavy (non-hydrogen) atoms. The van der Waals surface area contributed by atoms with Gasteiger partial charge < -0.3 is 5.11 Å². The van der Waals surface area contributed by atoms with Gasteiger partial charge in [0, 0.05) is 5.56 Å². The smallest absolute Gasteiger partial charge is 0.307 e. The first kappa shape index (κ1) is 11.9. The SMILES string of the molecule is Cc1nn(-c2ccccc2)c(Br)c1CC(=O)O. The van der Waals surface area contributed by atoms with E-state index in [0.717, 1.165) is 11.4 Å². The molecule has 0 atom stereocenters. The Morgan fingerprint density at radius 3 is 2.65 bits per heavy atom. The van der Waals surface area contributed by atoms with Crippen molar-refractivity contribution in [2.45, 2.75) is 13.3 Å². The average molecular weight is 295 g/mol. The van der Waals surface area contributed by atoms with Gasteiger partial charge >= 0.3 is 5.97 Å². The van der Waals surface area contributed by atoms with Crippen molar-refractivity contribution >= 4 is 21.9 Å². The van der Waals surface area contributed by atoms with Crippen LogP contribution in [0.4, 0.5) is 0 Å². The Morgan fingerprint density at radius 2 is 2.06 bits per heavy atom. The van der Waals surface area contributed by atoms with Gasteiger partial charge in [0.2, 0.25) is 0 Å². The summed E-state index contributed by atoms with van der Waals surface area (Å²) in [4.78, 5) is 10.8. The van der Waals surface area contributed by atoms with Crippen LogP contribution in [0.3, 0.4) is 0 Å². The van der Waals surface area contributed by atoms with Gasteiger partial charge in [0.25, 0.3) is 0 Å². The van der Waals surface area contributed by atoms with Crippen LogP contribution in [-0.2, 0) is 11.2 Å². The third-order valence-electron chi connectivity index (χ3n) is 2.45. The molecule has 1 aromatic carbocycles. The molecular weight excluding hydrogens is 284 g/mol. The number of nitrogens with zero attached hydrogens (tertiary/aromatic N) is 2. The topological polar surface area (TPSA) is 55.1 Å². The lowest BCUT2D eigenvalue weighted by atomic mass is 10.2. The summed E-state index contributed by atoms with van der Waals surface area (Å²) >= 11 is 3.40. The van der Waals surface area contributed by atoms with Crippen LogP contribution < -0.4 is 0 Å². The largest absolute Gasteiger partial charge is 0.481 e. The fourth-order valence-corrected chi connectivity index (χ4v) is 2.33. The number of carbonyl (C=O) groups is 1. The molecule has 0 fully saturated rings. The number of hydrogen-bond acceptors (Lipinski definition) is 2. The minimum Gasteiger partial charge on any atom is -0.481 e. The average Bonchev–Trinajstić information content (AvgIpc) is 2.58. The molecule has 0 bridgehead atoms. The van der Waals surface area contributed by atoms with Crippen LogP contribution in [0.2, 0.25) is 0 Å². The van der Waals surface area contributed by atoms with E-state index < -0.39 is 5.97 Å². The van der Waals surface area contributed by atoms with Crippen molar-refractivity contribution in [3.05, 3.63) is 46.2 Å². The number of aliphatic carboxylic acids is 1. The van der Waals surface area contributed by atoms with Crippen molar-refractivity contribution < 1.29 is 9.90 Å². The summed E-state index contributed by atoms with van der Waals surface area (Å²) in [5.74, 6) is -0.860. The van der Waals surface area contributed by atoms with Crippen molar-refractivity contribution in [2.75, 3.05) is 0 Å². The fraction of sp³-hybridized carbons (Fsp3) is 0.167. The second-order valence-electron chi connectivity index (χ2n) is 3.67. The Morgan fingerprint density at radius 1 is 1.41 bits per heavy atom. The maximum absolute atomic E-state index is 10.8. The van der Waals surface area contributed by atoms with Crippen molar-refractivity contribution in [3.63, 3.8) is 0 Å². The van der Waals surface area contributed by atoms with Crippen LogP contribution in [0.15, 0.2) is 34.9 Å². The van der Waals surface area contributed by atoms with Crippen LogP contribution in [0, 0.1) is 6.92 Å². The highest BCUT2D eigenvalue weighted by Crippen LogP contribution is 2.24. The lowest BCUT2D eigenvalue weighted by Gasteiger charge is -2.02. The van der Waals surface area contributed by atoms with Gasteiger partial charge in [-0.3, -0.25) is 4.79 Å². The highest BCUT2D eigenvalue weighted by molar-refractivity contribution is 9.10. The van der Waals surface area contributed by atoms with E-state index in [9.17, 15) is 4.79 Å². The van der Waals surface area contributed by atoms with Crippen molar-refractivity contribution in [1.82, 2.24) is 9.78 Å². The summed E-state index contributed by atoms with van der Waals surface area (Å²) < 4.78 is 2.40. The second kappa shape index (κ2) is 4.71. The van der Waals surface area contributed by atoms with Gasteiger partial charge in [-0.05, 0) is 35.0 Å². The zero-order valence-electron chi connectivity index (χ0n) is 9.22. The van der Waals surface area contributed by atoms with Crippen molar-refractivity contribution in [2.24, 2.45) is 0 Å². The Balaban J connectivity index is 2.48. The minimum atomic E-state index is -0.860. The number of rotatable bonds is 3. The van der Waals surface area contributed by atoms with E-state index in [1.807, 2.05) is 37.3 Å². The van der Waals surface area contributed by atoms with E-state index in [2.05, 4.69) is 21.0 Å². The summed E-state index contributed by atoms with van der Waals surface area (Å²) in [6, 6.07) is 9.58. The number of aryl methyl sites for hydroxylation is 1. The van der Waals surface area contributed by atoms with E-state index in [1.165, 1.54) is 0 Å². The number of carboxylic acids is 1. The third-order valence-corrected chi connectivity index (χ3v) is 3.27. The molecule has 88 valence electrons. The highest BCUT2D eigenvalue weighted by Gasteiger charge is 2.16. The number of aromatic nitrogens is 2. The second-order valence-corrected chi connectivity index (χ2v) is 4.42. The van der Waals surface area contributed by atoms with Gasteiger partial charge in [-0.25, -0.2) is 4.68 Å². The molecule has 0 aliphatic rings. The number of carboxylic acid groups (broad SMARTS) is 1. The minimum absolute atomic E-state index is 0.0285. The van der Waals surface area contributed by atoms with Gasteiger partial charge in [-0.2, -0.15) is 5.10 Å². The molecular formula is C12H11BrN2O2. The van der Waals surface area contributed by atoms with E-state index in [1.54, 1.807) is 4.68 Å². The molecule has 0 saturated heterocycles. The molecule has 5 heteroatoms. The lowest BCUT2D eigenvalue weighted by Crippen LogP contribution is -2.01. The Bertz CT molecular complexity index is 549. The standard InChI is InChI=1S/C12H11BrN2O2/c1-8-10(7-11(16)17)12(13)15(14-8)9-5-3-2-4-6-9/h2-6H,7H2,1H3,(H,16,17). The van der Waals surface area contributed by atoms with Gasteiger partial charge in [-0.15, -0.1) is 0 Å². The molecule has 2 aromatic rings. The van der Waals surface area contributed by atoms with E-state index >= 15 is 0 Å². The van der Waals surface area contributed by atoms with Crippen LogP contribution >= 0.6 is 15.9 Å². The summed E-state index contributed by atoms with van der Waals surface area (Å²) in [6.07, 6.45) is -0.0285. The van der Waals surface area contributed by atoms with Crippen LogP contribution in [0.25, 0.3) is 5.69 Å². The summed E-state index contributed by atoms with van der Waals surface area (Å²) in [6.45, 7) is 1.81. The molecule has 0 unspecified atom stereocenters. The molecule has 0 amide bonds. The zero-order valence-corrected chi connectivity index (χ0v) is 10.8. The maximum atomic E-state index is 10.8. The molecule has 0 spiro atoms. The Kier molecular flexibility index (Phi) is 3.28. The predicted octanol–water partition coefficient (Wildman–Crippen LogP) is 2.57. The van der Waals surface area contributed by atoms with E-state index in [0.29, 0.717) is 10.2 Å². The Labute approximate surface area is 107 Å². The number of halogens is 1. The van der Waals surface area contributed by atoms with Gasteiger partial charge in [-0.1, -0.05) is 18.2 Å². The quantitative estimate of drug-likeness (QED) is 0.947. The molecule has 0 aliphatic carbocycles. The molecule has 0 radical (unpaired) electrons. The van der Waals surface area contributed by atoms with Crippen molar-refractivity contribution in [3.8, 4) is 5.69 Å². The normalized spacial score (nSPS) is 10.5. The number of para-hydroxylation sites is 1. The molecule has 1 heterocycles. The van der Waals surface area contributed by atoms with Crippen molar-refractivity contribution in [1.29, 1.82) is 0 Å². The number of benzene rings is 1. The van der Waals surface area contributed by atoms with Gasteiger partial charge in [0.05, 0.1) is 17.8 Å². The van der Waals surface area contributed by atoms with Crippen LogP contribution in [0.1, 0.15) is 11.3 Å². The fourth-order valence-electron chi connectivity index (χ4n) is 1.62. The molecule has 0 saturated carbocycles. The Hall–Kier alpha value is -1.62. The van der Waals surface area contributed by atoms with Gasteiger partial charge in [0.15, 0.2) is 0 Å². The first-order valence-corrected chi connectivity index (χ1v) is 5.90. The molecule has 2 rings (SSSR count). The molecule has 4 nitrogen and oxygen atoms in total. The predicted molar refractivity (Wildman–Crippen MR) is 67.3 cm³/mol. The van der Waals surface area contributed by atoms with E-state index in [-0.39, 0.29) is 6.42 Å².